The molecule has 1 atom stereocenters. The standard InChI is InChI=1S/C18H26BrN/c1-2-14-6-8-18(9-7-14)10-11-20-13-17(18)15-4-3-5-16(19)12-15/h3-5,12,14,17,20H,2,6-11,13H2,1H3. The lowest BCUT2D eigenvalue weighted by Gasteiger charge is -2.49. The van der Waals surface area contributed by atoms with E-state index in [1.807, 2.05) is 0 Å². The van der Waals surface area contributed by atoms with Gasteiger partial charge in [-0.3, -0.25) is 0 Å². The van der Waals surface area contributed by atoms with Crippen molar-refractivity contribution in [3.8, 4) is 0 Å². The van der Waals surface area contributed by atoms with E-state index in [-0.39, 0.29) is 0 Å². The van der Waals surface area contributed by atoms with Crippen LogP contribution < -0.4 is 5.32 Å². The number of hydrogen-bond donors (Lipinski definition) is 1. The topological polar surface area (TPSA) is 12.0 Å². The summed E-state index contributed by atoms with van der Waals surface area (Å²) in [4.78, 5) is 0. The Labute approximate surface area is 131 Å². The summed E-state index contributed by atoms with van der Waals surface area (Å²) in [5.74, 6) is 1.69. The maximum atomic E-state index is 3.64. The van der Waals surface area contributed by atoms with Gasteiger partial charge in [0.15, 0.2) is 0 Å². The second-order valence-electron chi connectivity index (χ2n) is 6.78. The molecule has 2 fully saturated rings. The van der Waals surface area contributed by atoms with Crippen LogP contribution in [0, 0.1) is 11.3 Å². The predicted octanol–water partition coefficient (Wildman–Crippen LogP) is 5.11. The van der Waals surface area contributed by atoms with Gasteiger partial charge in [0.1, 0.15) is 0 Å². The van der Waals surface area contributed by atoms with Gasteiger partial charge in [-0.05, 0) is 67.7 Å². The molecule has 1 aliphatic carbocycles. The van der Waals surface area contributed by atoms with E-state index in [4.69, 9.17) is 0 Å². The average Bonchev–Trinajstić information content (AvgIpc) is 2.48. The molecule has 1 saturated heterocycles. The zero-order chi connectivity index (χ0) is 14.0. The van der Waals surface area contributed by atoms with Gasteiger partial charge in [-0.1, -0.05) is 41.4 Å². The number of rotatable bonds is 2. The van der Waals surface area contributed by atoms with Gasteiger partial charge < -0.3 is 5.32 Å². The van der Waals surface area contributed by atoms with Crippen molar-refractivity contribution in [1.29, 1.82) is 0 Å². The normalized spacial score (nSPS) is 34.3. The molecule has 1 heterocycles. The molecule has 2 aliphatic rings. The van der Waals surface area contributed by atoms with Gasteiger partial charge in [0.25, 0.3) is 0 Å². The molecule has 1 nitrogen and oxygen atoms in total. The van der Waals surface area contributed by atoms with E-state index in [2.05, 4.69) is 52.4 Å². The average molecular weight is 336 g/mol. The fourth-order valence-corrected chi connectivity index (χ4v) is 4.85. The number of halogens is 1. The fraction of sp³-hybridized carbons (Fsp3) is 0.667. The molecule has 20 heavy (non-hydrogen) atoms. The fourth-order valence-electron chi connectivity index (χ4n) is 4.43. The van der Waals surface area contributed by atoms with Crippen molar-refractivity contribution in [2.24, 2.45) is 11.3 Å². The molecule has 0 amide bonds. The Kier molecular flexibility index (Phi) is 4.52. The molecule has 0 aromatic heterocycles. The Morgan fingerprint density at radius 3 is 2.75 bits per heavy atom. The van der Waals surface area contributed by atoms with Crippen LogP contribution in [0.25, 0.3) is 0 Å². The van der Waals surface area contributed by atoms with Crippen molar-refractivity contribution in [3.63, 3.8) is 0 Å². The third-order valence-corrected chi connectivity index (χ3v) is 6.31. The number of nitrogens with one attached hydrogen (secondary N) is 1. The summed E-state index contributed by atoms with van der Waals surface area (Å²) >= 11 is 3.64. The smallest absolute Gasteiger partial charge is 0.0178 e. The molecule has 1 unspecified atom stereocenters. The molecule has 1 aliphatic heterocycles. The number of benzene rings is 1. The van der Waals surface area contributed by atoms with Crippen molar-refractivity contribution >= 4 is 15.9 Å². The highest BCUT2D eigenvalue weighted by Gasteiger charge is 2.43. The van der Waals surface area contributed by atoms with E-state index < -0.39 is 0 Å². The third kappa shape index (κ3) is 2.82. The summed E-state index contributed by atoms with van der Waals surface area (Å²) in [6.07, 6.45) is 8.49. The zero-order valence-electron chi connectivity index (χ0n) is 12.5. The van der Waals surface area contributed by atoms with Crippen LogP contribution in [0.4, 0.5) is 0 Å². The second-order valence-corrected chi connectivity index (χ2v) is 7.69. The highest BCUT2D eigenvalue weighted by Crippen LogP contribution is 2.52. The van der Waals surface area contributed by atoms with Crippen molar-refractivity contribution in [1.82, 2.24) is 5.32 Å². The van der Waals surface area contributed by atoms with Crippen molar-refractivity contribution in [3.05, 3.63) is 34.3 Å². The van der Waals surface area contributed by atoms with E-state index in [0.717, 1.165) is 12.5 Å². The van der Waals surface area contributed by atoms with Gasteiger partial charge in [0, 0.05) is 16.9 Å². The lowest BCUT2D eigenvalue weighted by atomic mass is 9.59. The van der Waals surface area contributed by atoms with Crippen LogP contribution >= 0.6 is 15.9 Å². The highest BCUT2D eigenvalue weighted by atomic mass is 79.9. The van der Waals surface area contributed by atoms with Crippen molar-refractivity contribution < 1.29 is 0 Å². The molecular formula is C18H26BrN. The van der Waals surface area contributed by atoms with Crippen LogP contribution in [0.2, 0.25) is 0 Å². The largest absolute Gasteiger partial charge is 0.316 e. The van der Waals surface area contributed by atoms with Gasteiger partial charge in [-0.25, -0.2) is 0 Å². The lowest BCUT2D eigenvalue weighted by Crippen LogP contribution is -2.45. The minimum atomic E-state index is 0.567. The quantitative estimate of drug-likeness (QED) is 0.791. The molecule has 1 spiro atoms. The summed E-state index contributed by atoms with van der Waals surface area (Å²) in [6, 6.07) is 9.00. The second kappa shape index (κ2) is 6.19. The molecule has 0 radical (unpaired) electrons. The summed E-state index contributed by atoms with van der Waals surface area (Å²) < 4.78 is 1.22. The van der Waals surface area contributed by atoms with Crippen LogP contribution in [0.15, 0.2) is 28.7 Å². The van der Waals surface area contributed by atoms with Crippen LogP contribution in [-0.4, -0.2) is 13.1 Å². The van der Waals surface area contributed by atoms with E-state index >= 15 is 0 Å². The van der Waals surface area contributed by atoms with Crippen molar-refractivity contribution in [2.75, 3.05) is 13.1 Å². The van der Waals surface area contributed by atoms with Crippen LogP contribution in [0.3, 0.4) is 0 Å². The van der Waals surface area contributed by atoms with Crippen molar-refractivity contribution in [2.45, 2.75) is 51.4 Å². The summed E-state index contributed by atoms with van der Waals surface area (Å²) in [5, 5.41) is 3.63. The zero-order valence-corrected chi connectivity index (χ0v) is 14.1. The van der Waals surface area contributed by atoms with Gasteiger partial charge >= 0.3 is 0 Å². The molecule has 1 N–H and O–H groups in total. The summed E-state index contributed by atoms with van der Waals surface area (Å²) in [5.41, 5.74) is 2.10. The van der Waals surface area contributed by atoms with E-state index in [1.54, 1.807) is 0 Å². The Bertz CT molecular complexity index is 448. The first-order chi connectivity index (χ1) is 9.73. The molecule has 1 aromatic carbocycles. The maximum Gasteiger partial charge on any atom is 0.0178 e. The summed E-state index contributed by atoms with van der Waals surface area (Å²) in [7, 11) is 0. The van der Waals surface area contributed by atoms with Crippen LogP contribution in [0.1, 0.15) is 56.9 Å². The molecule has 2 heteroatoms. The van der Waals surface area contributed by atoms with E-state index in [0.29, 0.717) is 11.3 Å². The Morgan fingerprint density at radius 1 is 1.25 bits per heavy atom. The molecule has 1 saturated carbocycles. The van der Waals surface area contributed by atoms with Gasteiger partial charge in [-0.15, -0.1) is 0 Å². The Balaban J connectivity index is 1.84. The first kappa shape index (κ1) is 14.6. The third-order valence-electron chi connectivity index (χ3n) is 5.82. The van der Waals surface area contributed by atoms with Crippen LogP contribution in [-0.2, 0) is 0 Å². The number of hydrogen-bond acceptors (Lipinski definition) is 1. The van der Waals surface area contributed by atoms with Gasteiger partial charge in [-0.2, -0.15) is 0 Å². The highest BCUT2D eigenvalue weighted by molar-refractivity contribution is 9.10. The molecule has 1 aromatic rings. The van der Waals surface area contributed by atoms with E-state index in [1.165, 1.54) is 55.1 Å². The number of piperidine rings is 1. The minimum absolute atomic E-state index is 0.567. The monoisotopic (exact) mass is 335 g/mol. The molecular weight excluding hydrogens is 310 g/mol. The van der Waals surface area contributed by atoms with E-state index in [9.17, 15) is 0 Å². The predicted molar refractivity (Wildman–Crippen MR) is 89.1 cm³/mol. The maximum absolute atomic E-state index is 3.64. The molecule has 110 valence electrons. The van der Waals surface area contributed by atoms with Gasteiger partial charge in [0.05, 0.1) is 0 Å². The SMILES string of the molecule is CCC1CCC2(CCNCC2c2cccc(Br)c2)CC1. The van der Waals surface area contributed by atoms with Gasteiger partial charge in [0.2, 0.25) is 0 Å². The summed E-state index contributed by atoms with van der Waals surface area (Å²) in [6.45, 7) is 4.73. The lowest BCUT2D eigenvalue weighted by molar-refractivity contribution is 0.0782. The first-order valence-corrected chi connectivity index (χ1v) is 8.99. The Morgan fingerprint density at radius 2 is 2.05 bits per heavy atom. The molecule has 3 rings (SSSR count). The Hall–Kier alpha value is -0.340. The first-order valence-electron chi connectivity index (χ1n) is 8.20. The van der Waals surface area contributed by atoms with Crippen LogP contribution in [0.5, 0.6) is 0 Å². The molecule has 0 bridgehead atoms. The minimum Gasteiger partial charge on any atom is -0.316 e.